The van der Waals surface area contributed by atoms with E-state index in [1.165, 1.54) is 83.5 Å². The van der Waals surface area contributed by atoms with Gasteiger partial charge in [0.05, 0.1) is 44.9 Å². The van der Waals surface area contributed by atoms with Gasteiger partial charge in [0, 0.05) is 81.2 Å². The molecule has 0 spiro atoms. The van der Waals surface area contributed by atoms with Gasteiger partial charge in [0.1, 0.15) is 54.4 Å². The zero-order valence-corrected chi connectivity index (χ0v) is 66.6. The van der Waals surface area contributed by atoms with E-state index in [9.17, 15) is 34.2 Å². The highest BCUT2D eigenvalue weighted by atomic mass is 16.5. The fourth-order valence-electron chi connectivity index (χ4n) is 13.6. The van der Waals surface area contributed by atoms with Gasteiger partial charge >= 0.3 is 0 Å². The molecule has 2 aliphatic heterocycles. The molecule has 0 aromatic heterocycles. The third-order valence-corrected chi connectivity index (χ3v) is 19.9. The Morgan fingerprint density at radius 3 is 1.41 bits per heavy atom. The molecule has 27 heteroatoms. The molecule has 594 valence electrons. The SMILES string of the molecule is CCCCN1CC(=O)N(C)[C@@H](CC(C)C)C(=O)N[C@H](C(=O)N2CCCCC2)CC(=O)N(C)[C@@H](CC(C)C)C(=O)N[C@@H](COCCO)CC(=O)N(C)[C@@H](CC(C)C)C(=O)N(C)[C@@H](Cc2ccccc2)C(=O)N[C@@H](CC(C)C)C(=O)N(C)[C@@H](Cc2ccccc2)C(=O)N(C)[C@@H](CC(C)C)C(=O)N[C@@H]([C@@H](C)O)C1=O. The number of nitrogens with one attached hydrogen (secondary N) is 4. The van der Waals surface area contributed by atoms with Crippen molar-refractivity contribution in [1.29, 1.82) is 0 Å². The van der Waals surface area contributed by atoms with Crippen LogP contribution in [0, 0.1) is 29.6 Å². The van der Waals surface area contributed by atoms with Crippen molar-refractivity contribution in [1.82, 2.24) is 60.5 Å². The molecule has 12 amide bonds. The van der Waals surface area contributed by atoms with Gasteiger partial charge in [-0.1, -0.05) is 143 Å². The third-order valence-electron chi connectivity index (χ3n) is 19.9. The zero-order valence-electron chi connectivity index (χ0n) is 66.6. The van der Waals surface area contributed by atoms with E-state index in [0.717, 1.165) is 6.42 Å². The molecule has 11 atom stereocenters. The number of likely N-dealkylation sites (tertiary alicyclic amines) is 1. The number of carbonyl (C=O) groups is 12. The molecule has 4 rings (SSSR count). The summed E-state index contributed by atoms with van der Waals surface area (Å²) >= 11 is 0. The van der Waals surface area contributed by atoms with Crippen molar-refractivity contribution in [2.24, 2.45) is 29.6 Å². The van der Waals surface area contributed by atoms with Gasteiger partial charge in [0.25, 0.3) is 0 Å². The highest BCUT2D eigenvalue weighted by Gasteiger charge is 2.44. The van der Waals surface area contributed by atoms with Crippen molar-refractivity contribution < 1.29 is 72.5 Å². The maximum Gasteiger partial charge on any atom is 0.248 e. The molecular formula is C79H128N12O15. The van der Waals surface area contributed by atoms with Crippen LogP contribution in [0.1, 0.15) is 171 Å². The molecule has 6 N–H and O–H groups in total. The molecule has 0 saturated carbocycles. The lowest BCUT2D eigenvalue weighted by molar-refractivity contribution is -0.151. The Balaban J connectivity index is 2.02. The summed E-state index contributed by atoms with van der Waals surface area (Å²) in [6, 6.07) is 4.70. The van der Waals surface area contributed by atoms with E-state index in [4.69, 9.17) is 4.74 Å². The summed E-state index contributed by atoms with van der Waals surface area (Å²) in [7, 11) is 8.60. The predicted octanol–water partition coefficient (Wildman–Crippen LogP) is 4.43. The standard InChI is InChI=1S/C79H128N12O15/c1-19-20-34-91-48-69(96)85(14)62(41-52(6)7)72(98)82-60(76(102)90-35-28-23-29-36-90)47-68(95)84(13)61(40-51(4)5)71(97)80-58(49-106-38-37-92)46-67(94)86(15)65(43-54(10)11)77(103)88(17)64(44-56-30-24-21-25-31-56)73(99)81-59(39-50(2)3)75(101)89(18)66(45-57-32-26-22-27-33-57)78(104)87(16)63(42-53(8)9)74(100)83-70(55(12)93)79(91)105/h21-22,24-27,30-33,50-55,58-66,70,92-93H,19-20,23,28-29,34-49H2,1-18H3,(H,80,97)(H,81,99)(H,82,98)(H,83,100)/t55-,58-,59+,60+,61+,62+,63+,64+,65+,66+,70+/m1/s1. The lowest BCUT2D eigenvalue weighted by Crippen LogP contribution is -2.62. The molecule has 0 bridgehead atoms. The number of likely N-dealkylation sites (N-methyl/N-ethyl adjacent to an activating group) is 6. The molecule has 2 heterocycles. The number of aliphatic hydroxyl groups is 2. The first-order valence-electron chi connectivity index (χ1n) is 38.2. The normalized spacial score (nSPS) is 24.5. The van der Waals surface area contributed by atoms with Crippen LogP contribution in [-0.4, -0.2) is 275 Å². The van der Waals surface area contributed by atoms with Crippen LogP contribution in [-0.2, 0) is 75.1 Å². The molecule has 106 heavy (non-hydrogen) atoms. The lowest BCUT2D eigenvalue weighted by Gasteiger charge is -2.38. The molecule has 27 nitrogen and oxygen atoms in total. The number of hydrogen-bond acceptors (Lipinski definition) is 15. The second-order valence-electron chi connectivity index (χ2n) is 31.2. The minimum absolute atomic E-state index is 0.0185. The van der Waals surface area contributed by atoms with E-state index in [1.54, 1.807) is 65.6 Å². The Kier molecular flexibility index (Phi) is 37.8. The average Bonchev–Trinajstić information content (AvgIpc) is 0.815. The van der Waals surface area contributed by atoms with Crippen molar-refractivity contribution in [3.63, 3.8) is 0 Å². The Morgan fingerprint density at radius 1 is 0.481 bits per heavy atom. The Labute approximate surface area is 630 Å². The molecule has 2 aromatic rings. The van der Waals surface area contributed by atoms with E-state index < -0.39 is 163 Å². The van der Waals surface area contributed by atoms with Crippen LogP contribution in [0.25, 0.3) is 0 Å². The predicted molar refractivity (Wildman–Crippen MR) is 405 cm³/mol. The summed E-state index contributed by atoms with van der Waals surface area (Å²) in [5.41, 5.74) is 1.32. The number of benzene rings is 2. The van der Waals surface area contributed by atoms with Gasteiger partial charge in [0.15, 0.2) is 0 Å². The third kappa shape index (κ3) is 27.6. The van der Waals surface area contributed by atoms with Crippen LogP contribution in [0.2, 0.25) is 0 Å². The molecule has 2 aliphatic rings. The van der Waals surface area contributed by atoms with Crippen molar-refractivity contribution in [3.8, 4) is 0 Å². The van der Waals surface area contributed by atoms with Gasteiger partial charge in [-0.25, -0.2) is 0 Å². The molecular weight excluding hydrogens is 1360 g/mol. The number of carbonyl (C=O) groups excluding carboxylic acids is 12. The van der Waals surface area contributed by atoms with Crippen LogP contribution < -0.4 is 21.3 Å². The van der Waals surface area contributed by atoms with Crippen LogP contribution in [0.5, 0.6) is 0 Å². The second kappa shape index (κ2) is 44.3. The summed E-state index contributed by atoms with van der Waals surface area (Å²) in [6.07, 6.45) is 0.812. The van der Waals surface area contributed by atoms with E-state index in [2.05, 4.69) is 21.3 Å². The number of amides is 12. The highest BCUT2D eigenvalue weighted by Crippen LogP contribution is 2.25. The lowest BCUT2D eigenvalue weighted by atomic mass is 9.96. The molecule has 2 saturated heterocycles. The number of ether oxygens (including phenoxy) is 1. The van der Waals surface area contributed by atoms with E-state index >= 15 is 33.6 Å². The van der Waals surface area contributed by atoms with Crippen LogP contribution in [0.3, 0.4) is 0 Å². The maximum atomic E-state index is 15.6. The Hall–Kier alpha value is -8.04. The Bertz CT molecular complexity index is 3180. The molecule has 0 unspecified atom stereocenters. The van der Waals surface area contributed by atoms with Crippen LogP contribution in [0.4, 0.5) is 0 Å². The van der Waals surface area contributed by atoms with Crippen molar-refractivity contribution in [2.45, 2.75) is 239 Å². The van der Waals surface area contributed by atoms with Crippen molar-refractivity contribution in [2.75, 3.05) is 88.3 Å². The number of unbranched alkanes of at least 4 members (excludes halogenated alkanes) is 1. The Morgan fingerprint density at radius 2 is 0.906 bits per heavy atom. The number of nitrogens with zero attached hydrogens (tertiary/aromatic N) is 8. The quantitative estimate of drug-likeness (QED) is 0.0839. The van der Waals surface area contributed by atoms with Gasteiger partial charge < -0.3 is 75.4 Å². The van der Waals surface area contributed by atoms with Gasteiger partial charge in [-0.15, -0.1) is 0 Å². The summed E-state index contributed by atoms with van der Waals surface area (Å²) in [5, 5.41) is 32.9. The van der Waals surface area contributed by atoms with Crippen molar-refractivity contribution >= 4 is 70.9 Å². The fourth-order valence-corrected chi connectivity index (χ4v) is 13.6. The number of hydrogen-bond donors (Lipinski definition) is 6. The molecule has 2 fully saturated rings. The summed E-state index contributed by atoms with van der Waals surface area (Å²) in [6.45, 7) is 20.9. The monoisotopic (exact) mass is 1480 g/mol. The number of piperidine rings is 1. The minimum Gasteiger partial charge on any atom is -0.394 e. The smallest absolute Gasteiger partial charge is 0.248 e. The van der Waals surface area contributed by atoms with E-state index in [-0.39, 0.29) is 94.3 Å². The second-order valence-corrected chi connectivity index (χ2v) is 31.2. The molecule has 0 radical (unpaired) electrons. The minimum atomic E-state index is -1.67. The zero-order chi connectivity index (χ0) is 79.4. The largest absolute Gasteiger partial charge is 0.394 e. The average molecular weight is 1490 g/mol. The van der Waals surface area contributed by atoms with Crippen LogP contribution in [0.15, 0.2) is 60.7 Å². The summed E-state index contributed by atoms with van der Waals surface area (Å²) < 4.78 is 5.78. The topological polar surface area (TPSA) is 329 Å². The van der Waals surface area contributed by atoms with Gasteiger partial charge in [-0.3, -0.25) is 57.5 Å². The first-order valence-corrected chi connectivity index (χ1v) is 38.2. The number of rotatable bonds is 23. The first kappa shape index (κ1) is 90.4. The van der Waals surface area contributed by atoms with Crippen LogP contribution >= 0.6 is 0 Å². The van der Waals surface area contributed by atoms with Gasteiger partial charge in [-0.05, 0) is 105 Å². The molecule has 0 aliphatic carbocycles. The van der Waals surface area contributed by atoms with Gasteiger partial charge in [-0.2, -0.15) is 0 Å². The van der Waals surface area contributed by atoms with E-state index in [1.807, 2.05) is 76.2 Å². The first-order chi connectivity index (χ1) is 49.9. The number of aliphatic hydroxyl groups excluding tert-OH is 2. The summed E-state index contributed by atoms with van der Waals surface area (Å²) in [5.74, 6) is -9.45. The fraction of sp³-hybridized carbons (Fsp3) is 0.696. The van der Waals surface area contributed by atoms with Gasteiger partial charge in [0.2, 0.25) is 70.9 Å². The molecule has 2 aromatic carbocycles. The highest BCUT2D eigenvalue weighted by molar-refractivity contribution is 5.99. The maximum absolute atomic E-state index is 15.6. The van der Waals surface area contributed by atoms with E-state index in [0.29, 0.717) is 49.9 Å². The van der Waals surface area contributed by atoms with Crippen molar-refractivity contribution in [3.05, 3.63) is 71.8 Å². The summed E-state index contributed by atoms with van der Waals surface area (Å²) in [4.78, 5) is 192.